The van der Waals surface area contributed by atoms with Crippen LogP contribution in [0, 0.1) is 0 Å². The number of nitrogens with zero attached hydrogens (tertiary/aromatic N) is 1. The highest BCUT2D eigenvalue weighted by Gasteiger charge is 2.16. The molecule has 3 nitrogen and oxygen atoms in total. The largest absolute Gasteiger partial charge is 0.297 e. The molecule has 0 radical (unpaired) electrons. The SMILES string of the molecule is c1ccc2c(C3NCCN3)ccnc2c1. The molecular formula is C12H13N3. The fourth-order valence-corrected chi connectivity index (χ4v) is 2.09. The number of para-hydroxylation sites is 1. The number of rotatable bonds is 1. The van der Waals surface area contributed by atoms with Crippen LogP contribution in [0.5, 0.6) is 0 Å². The first-order valence-electron chi connectivity index (χ1n) is 5.25. The summed E-state index contributed by atoms with van der Waals surface area (Å²) in [6.45, 7) is 2.06. The van der Waals surface area contributed by atoms with Gasteiger partial charge in [-0.2, -0.15) is 0 Å². The van der Waals surface area contributed by atoms with Gasteiger partial charge in [0.15, 0.2) is 0 Å². The van der Waals surface area contributed by atoms with E-state index >= 15 is 0 Å². The molecule has 0 unspecified atom stereocenters. The number of benzene rings is 1. The number of aromatic nitrogens is 1. The summed E-state index contributed by atoms with van der Waals surface area (Å²) in [6.07, 6.45) is 2.15. The van der Waals surface area contributed by atoms with Gasteiger partial charge in [0, 0.05) is 24.7 Å². The van der Waals surface area contributed by atoms with E-state index in [1.165, 1.54) is 10.9 Å². The van der Waals surface area contributed by atoms with Gasteiger partial charge in [0.05, 0.1) is 11.7 Å². The summed E-state index contributed by atoms with van der Waals surface area (Å²) in [4.78, 5) is 4.36. The van der Waals surface area contributed by atoms with Gasteiger partial charge in [0.1, 0.15) is 0 Å². The number of hydrogen-bond acceptors (Lipinski definition) is 3. The Balaban J connectivity index is 2.16. The molecule has 0 spiro atoms. The number of pyridine rings is 1. The summed E-state index contributed by atoms with van der Waals surface area (Å²) in [5.41, 5.74) is 2.35. The van der Waals surface area contributed by atoms with Crippen LogP contribution in [0.15, 0.2) is 36.5 Å². The molecule has 3 rings (SSSR count). The molecule has 0 atom stereocenters. The summed E-state index contributed by atoms with van der Waals surface area (Å²) in [7, 11) is 0. The zero-order valence-corrected chi connectivity index (χ0v) is 8.40. The molecule has 0 amide bonds. The average Bonchev–Trinajstić information content (AvgIpc) is 2.82. The maximum absolute atomic E-state index is 4.36. The summed E-state index contributed by atoms with van der Waals surface area (Å²) in [5.74, 6) is 0. The first-order valence-corrected chi connectivity index (χ1v) is 5.25. The Hall–Kier alpha value is -1.45. The molecule has 1 fully saturated rings. The maximum atomic E-state index is 4.36. The van der Waals surface area contributed by atoms with Crippen LogP contribution in [0.3, 0.4) is 0 Å². The summed E-state index contributed by atoms with van der Waals surface area (Å²) in [6, 6.07) is 10.3. The number of fused-ring (bicyclic) bond motifs is 1. The maximum Gasteiger partial charge on any atom is 0.0843 e. The minimum Gasteiger partial charge on any atom is -0.297 e. The second-order valence-electron chi connectivity index (χ2n) is 3.76. The van der Waals surface area contributed by atoms with Crippen LogP contribution < -0.4 is 10.6 Å². The third-order valence-corrected chi connectivity index (χ3v) is 2.82. The van der Waals surface area contributed by atoms with Crippen molar-refractivity contribution in [3.63, 3.8) is 0 Å². The van der Waals surface area contributed by atoms with Gasteiger partial charge in [0.25, 0.3) is 0 Å². The number of hydrogen-bond donors (Lipinski definition) is 2. The predicted octanol–water partition coefficient (Wildman–Crippen LogP) is 1.43. The van der Waals surface area contributed by atoms with Crippen molar-refractivity contribution in [3.05, 3.63) is 42.1 Å². The zero-order valence-electron chi connectivity index (χ0n) is 8.40. The van der Waals surface area contributed by atoms with Gasteiger partial charge in [0.2, 0.25) is 0 Å². The Labute approximate surface area is 88.5 Å². The fraction of sp³-hybridized carbons (Fsp3) is 0.250. The first-order chi connectivity index (χ1) is 7.45. The van der Waals surface area contributed by atoms with E-state index in [4.69, 9.17) is 0 Å². The van der Waals surface area contributed by atoms with Gasteiger partial charge in [-0.15, -0.1) is 0 Å². The van der Waals surface area contributed by atoms with Crippen molar-refractivity contribution >= 4 is 10.9 Å². The van der Waals surface area contributed by atoms with E-state index < -0.39 is 0 Å². The fourth-order valence-electron chi connectivity index (χ4n) is 2.09. The Morgan fingerprint density at radius 1 is 1.07 bits per heavy atom. The Kier molecular flexibility index (Phi) is 2.12. The minimum atomic E-state index is 0.276. The van der Waals surface area contributed by atoms with Gasteiger partial charge < -0.3 is 0 Å². The lowest BCUT2D eigenvalue weighted by Gasteiger charge is -2.13. The highest BCUT2D eigenvalue weighted by atomic mass is 15.2. The second-order valence-corrected chi connectivity index (χ2v) is 3.76. The van der Waals surface area contributed by atoms with Crippen molar-refractivity contribution < 1.29 is 0 Å². The molecule has 2 heterocycles. The lowest BCUT2D eigenvalue weighted by Crippen LogP contribution is -2.21. The van der Waals surface area contributed by atoms with Crippen LogP contribution in [0.4, 0.5) is 0 Å². The van der Waals surface area contributed by atoms with Crippen molar-refractivity contribution in [1.29, 1.82) is 0 Å². The van der Waals surface area contributed by atoms with Crippen molar-refractivity contribution in [3.8, 4) is 0 Å². The highest BCUT2D eigenvalue weighted by molar-refractivity contribution is 5.82. The lowest BCUT2D eigenvalue weighted by atomic mass is 10.1. The van der Waals surface area contributed by atoms with E-state index in [9.17, 15) is 0 Å². The summed E-state index contributed by atoms with van der Waals surface area (Å²) < 4.78 is 0. The van der Waals surface area contributed by atoms with E-state index in [1.54, 1.807) is 0 Å². The average molecular weight is 199 g/mol. The third-order valence-electron chi connectivity index (χ3n) is 2.82. The van der Waals surface area contributed by atoms with Crippen molar-refractivity contribution in [1.82, 2.24) is 15.6 Å². The van der Waals surface area contributed by atoms with Gasteiger partial charge >= 0.3 is 0 Å². The van der Waals surface area contributed by atoms with Gasteiger partial charge in [-0.05, 0) is 17.7 Å². The Morgan fingerprint density at radius 3 is 2.73 bits per heavy atom. The van der Waals surface area contributed by atoms with Crippen LogP contribution in [0.2, 0.25) is 0 Å². The predicted molar refractivity (Wildman–Crippen MR) is 60.5 cm³/mol. The second kappa shape index (κ2) is 3.61. The molecule has 0 bridgehead atoms. The minimum absolute atomic E-state index is 0.276. The molecule has 3 heteroatoms. The van der Waals surface area contributed by atoms with E-state index in [2.05, 4.69) is 33.8 Å². The smallest absolute Gasteiger partial charge is 0.0843 e. The van der Waals surface area contributed by atoms with Gasteiger partial charge in [-0.1, -0.05) is 18.2 Å². The van der Waals surface area contributed by atoms with Gasteiger partial charge in [-0.3, -0.25) is 15.6 Å². The lowest BCUT2D eigenvalue weighted by molar-refractivity contribution is 0.592. The molecule has 0 aliphatic carbocycles. The van der Waals surface area contributed by atoms with Crippen LogP contribution in [-0.4, -0.2) is 18.1 Å². The van der Waals surface area contributed by atoms with Crippen molar-refractivity contribution in [2.75, 3.05) is 13.1 Å². The van der Waals surface area contributed by atoms with Crippen LogP contribution in [0.25, 0.3) is 10.9 Å². The molecule has 1 aromatic carbocycles. The molecule has 1 aromatic heterocycles. The topological polar surface area (TPSA) is 37.0 Å². The highest BCUT2D eigenvalue weighted by Crippen LogP contribution is 2.22. The number of nitrogens with one attached hydrogen (secondary N) is 2. The van der Waals surface area contributed by atoms with Crippen molar-refractivity contribution in [2.24, 2.45) is 0 Å². The molecule has 1 aliphatic rings. The standard InChI is InChI=1S/C12H13N3/c1-2-4-11-9(3-1)10(5-6-13-11)12-14-7-8-15-12/h1-6,12,14-15H,7-8H2. The molecule has 0 saturated carbocycles. The Bertz CT molecular complexity index is 470. The molecule has 15 heavy (non-hydrogen) atoms. The third kappa shape index (κ3) is 1.50. The zero-order chi connectivity index (χ0) is 10.1. The summed E-state index contributed by atoms with van der Waals surface area (Å²) in [5, 5.41) is 8.08. The Morgan fingerprint density at radius 2 is 1.87 bits per heavy atom. The first kappa shape index (κ1) is 8.83. The van der Waals surface area contributed by atoms with Gasteiger partial charge in [-0.25, -0.2) is 0 Å². The molecule has 76 valence electrons. The van der Waals surface area contributed by atoms with Crippen LogP contribution in [0.1, 0.15) is 11.7 Å². The molecule has 1 aliphatic heterocycles. The molecule has 2 aromatic rings. The molecule has 1 saturated heterocycles. The van der Waals surface area contributed by atoms with E-state index in [0.29, 0.717) is 0 Å². The molecule has 2 N–H and O–H groups in total. The summed E-state index contributed by atoms with van der Waals surface area (Å²) >= 11 is 0. The van der Waals surface area contributed by atoms with Crippen LogP contribution >= 0.6 is 0 Å². The van der Waals surface area contributed by atoms with E-state index in [1.807, 2.05) is 18.3 Å². The van der Waals surface area contributed by atoms with Crippen molar-refractivity contribution in [2.45, 2.75) is 6.17 Å². The monoisotopic (exact) mass is 199 g/mol. The quantitative estimate of drug-likeness (QED) is 0.729. The molecular weight excluding hydrogens is 186 g/mol. The van der Waals surface area contributed by atoms with E-state index in [0.717, 1.165) is 18.6 Å². The van der Waals surface area contributed by atoms with Crippen LogP contribution in [-0.2, 0) is 0 Å². The normalized spacial score (nSPS) is 17.3. The van der Waals surface area contributed by atoms with E-state index in [-0.39, 0.29) is 6.17 Å².